The average molecular weight is 354 g/mol. The Hall–Kier alpha value is -2.34. The van der Waals surface area contributed by atoms with E-state index >= 15 is 0 Å². The normalized spacial score (nSPS) is 12.2. The van der Waals surface area contributed by atoms with Gasteiger partial charge in [0, 0.05) is 6.21 Å². The molecule has 0 saturated heterocycles. The Morgan fingerprint density at radius 3 is 2.58 bits per heavy atom. The second-order valence-electron chi connectivity index (χ2n) is 5.07. The summed E-state index contributed by atoms with van der Waals surface area (Å²) in [5, 5.41) is 9.67. The zero-order valence-corrected chi connectivity index (χ0v) is 14.8. The Morgan fingerprint density at radius 1 is 1.38 bits per heavy atom. The van der Waals surface area contributed by atoms with Gasteiger partial charge in [0.15, 0.2) is 0 Å². The number of aliphatic hydroxyl groups excluding tert-OH is 1. The molecule has 0 amide bonds. The Kier molecular flexibility index (Phi) is 7.45. The van der Waals surface area contributed by atoms with Crippen molar-refractivity contribution in [3.63, 3.8) is 0 Å². The number of carbonyl (C=O) groups is 2. The Labute approximate surface area is 145 Å². The van der Waals surface area contributed by atoms with Crippen molar-refractivity contribution in [2.45, 2.75) is 33.8 Å². The van der Waals surface area contributed by atoms with Crippen molar-refractivity contribution in [2.24, 2.45) is 4.99 Å². The van der Waals surface area contributed by atoms with E-state index < -0.39 is 11.9 Å². The fraction of sp³-hybridized carbons (Fsp3) is 0.353. The SMILES string of the molecule is CCOC(=O)C(C=Nc1cccc(C(=O)OC(C)C)c1Cl)=C(C)O. The molecule has 0 saturated carbocycles. The second-order valence-corrected chi connectivity index (χ2v) is 5.45. The minimum atomic E-state index is -0.701. The fourth-order valence-corrected chi connectivity index (χ4v) is 1.94. The third-order valence-electron chi connectivity index (χ3n) is 2.76. The summed E-state index contributed by atoms with van der Waals surface area (Å²) >= 11 is 6.18. The number of halogens is 1. The van der Waals surface area contributed by atoms with Crippen molar-refractivity contribution in [1.29, 1.82) is 0 Å². The zero-order valence-electron chi connectivity index (χ0n) is 14.0. The van der Waals surface area contributed by atoms with E-state index in [2.05, 4.69) is 4.99 Å². The van der Waals surface area contributed by atoms with E-state index in [-0.39, 0.29) is 40.3 Å². The summed E-state index contributed by atoms with van der Waals surface area (Å²) in [4.78, 5) is 27.8. The van der Waals surface area contributed by atoms with Gasteiger partial charge in [-0.2, -0.15) is 0 Å². The zero-order chi connectivity index (χ0) is 18.3. The molecule has 6 nitrogen and oxygen atoms in total. The van der Waals surface area contributed by atoms with E-state index in [1.807, 2.05) is 0 Å². The van der Waals surface area contributed by atoms with Gasteiger partial charge in [-0.05, 0) is 39.8 Å². The summed E-state index contributed by atoms with van der Waals surface area (Å²) in [6.45, 7) is 6.62. The lowest BCUT2D eigenvalue weighted by atomic mass is 10.2. The van der Waals surface area contributed by atoms with Crippen molar-refractivity contribution in [1.82, 2.24) is 0 Å². The molecule has 0 heterocycles. The largest absolute Gasteiger partial charge is 0.512 e. The predicted octanol–water partition coefficient (Wildman–Crippen LogP) is 4.00. The Balaban J connectivity index is 3.13. The summed E-state index contributed by atoms with van der Waals surface area (Å²) in [6, 6.07) is 4.68. The lowest BCUT2D eigenvalue weighted by Gasteiger charge is -2.10. The average Bonchev–Trinajstić information content (AvgIpc) is 2.48. The molecule has 0 aromatic heterocycles. The molecule has 0 aliphatic heterocycles. The number of ether oxygens (including phenoxy) is 2. The molecular formula is C17H20ClNO5. The van der Waals surface area contributed by atoms with Gasteiger partial charge in [-0.25, -0.2) is 9.59 Å². The summed E-state index contributed by atoms with van der Waals surface area (Å²) in [7, 11) is 0. The van der Waals surface area contributed by atoms with E-state index in [0.29, 0.717) is 0 Å². The van der Waals surface area contributed by atoms with E-state index in [9.17, 15) is 14.7 Å². The topological polar surface area (TPSA) is 85.2 Å². The van der Waals surface area contributed by atoms with Crippen molar-refractivity contribution < 1.29 is 24.2 Å². The number of hydrogen-bond donors (Lipinski definition) is 1. The molecule has 0 unspecified atom stereocenters. The van der Waals surface area contributed by atoms with Gasteiger partial charge in [0.05, 0.1) is 29.0 Å². The number of nitrogens with zero attached hydrogens (tertiary/aromatic N) is 1. The number of aliphatic imine (C=N–C) groups is 1. The first-order chi connectivity index (χ1) is 11.3. The minimum absolute atomic E-state index is 0.0944. The third kappa shape index (κ3) is 5.38. The number of esters is 2. The number of aliphatic hydroxyl groups is 1. The molecule has 1 aromatic rings. The molecule has 0 bridgehead atoms. The molecule has 0 fully saturated rings. The van der Waals surface area contributed by atoms with Gasteiger partial charge in [-0.15, -0.1) is 0 Å². The first kappa shape index (κ1) is 19.7. The smallest absolute Gasteiger partial charge is 0.343 e. The Bertz CT molecular complexity index is 676. The van der Waals surface area contributed by atoms with Crippen LogP contribution >= 0.6 is 11.6 Å². The third-order valence-corrected chi connectivity index (χ3v) is 3.16. The van der Waals surface area contributed by atoms with Crippen LogP contribution in [0, 0.1) is 0 Å². The number of benzene rings is 1. The van der Waals surface area contributed by atoms with Crippen LogP contribution in [0.4, 0.5) is 5.69 Å². The van der Waals surface area contributed by atoms with Crippen molar-refractivity contribution in [3.8, 4) is 0 Å². The van der Waals surface area contributed by atoms with E-state index in [1.165, 1.54) is 13.0 Å². The summed E-state index contributed by atoms with van der Waals surface area (Å²) in [5.41, 5.74) is 0.336. The van der Waals surface area contributed by atoms with Gasteiger partial charge in [-0.3, -0.25) is 4.99 Å². The van der Waals surface area contributed by atoms with Gasteiger partial charge < -0.3 is 14.6 Å². The molecule has 0 aliphatic rings. The van der Waals surface area contributed by atoms with Gasteiger partial charge in [0.2, 0.25) is 0 Å². The van der Waals surface area contributed by atoms with E-state index in [1.54, 1.807) is 32.9 Å². The molecule has 130 valence electrons. The second kappa shape index (κ2) is 9.08. The number of hydrogen-bond acceptors (Lipinski definition) is 6. The van der Waals surface area contributed by atoms with Gasteiger partial charge >= 0.3 is 11.9 Å². The maximum atomic E-state index is 12.0. The lowest BCUT2D eigenvalue weighted by molar-refractivity contribution is -0.138. The van der Waals surface area contributed by atoms with Crippen LogP contribution in [0.2, 0.25) is 5.02 Å². The van der Waals surface area contributed by atoms with Crippen LogP contribution < -0.4 is 0 Å². The minimum Gasteiger partial charge on any atom is -0.512 e. The monoisotopic (exact) mass is 353 g/mol. The molecule has 0 atom stereocenters. The van der Waals surface area contributed by atoms with Crippen LogP contribution in [0.25, 0.3) is 0 Å². The molecule has 1 N–H and O–H groups in total. The summed E-state index contributed by atoms with van der Waals surface area (Å²) in [5.74, 6) is -1.50. The Morgan fingerprint density at radius 2 is 2.04 bits per heavy atom. The highest BCUT2D eigenvalue weighted by atomic mass is 35.5. The number of rotatable bonds is 6. The molecule has 1 aromatic carbocycles. The summed E-state index contributed by atoms with van der Waals surface area (Å²) in [6.07, 6.45) is 0.864. The van der Waals surface area contributed by atoms with Crippen LogP contribution in [0.3, 0.4) is 0 Å². The predicted molar refractivity (Wildman–Crippen MR) is 92.1 cm³/mol. The highest BCUT2D eigenvalue weighted by Gasteiger charge is 2.16. The molecule has 0 aliphatic carbocycles. The quantitative estimate of drug-likeness (QED) is 0.361. The van der Waals surface area contributed by atoms with Crippen LogP contribution in [-0.2, 0) is 14.3 Å². The number of carbonyl (C=O) groups excluding carboxylic acids is 2. The maximum Gasteiger partial charge on any atom is 0.343 e. The van der Waals surface area contributed by atoms with E-state index in [0.717, 1.165) is 6.21 Å². The van der Waals surface area contributed by atoms with Crippen molar-refractivity contribution >= 4 is 35.4 Å². The summed E-state index contributed by atoms with van der Waals surface area (Å²) < 4.78 is 9.94. The molecule has 7 heteroatoms. The van der Waals surface area contributed by atoms with Crippen LogP contribution in [0.15, 0.2) is 34.5 Å². The molecule has 0 radical (unpaired) electrons. The van der Waals surface area contributed by atoms with Crippen molar-refractivity contribution in [3.05, 3.63) is 40.1 Å². The first-order valence-electron chi connectivity index (χ1n) is 7.38. The molecule has 0 spiro atoms. The highest BCUT2D eigenvalue weighted by Crippen LogP contribution is 2.29. The maximum absolute atomic E-state index is 12.0. The first-order valence-corrected chi connectivity index (χ1v) is 7.76. The van der Waals surface area contributed by atoms with Gasteiger partial charge in [0.25, 0.3) is 0 Å². The van der Waals surface area contributed by atoms with Gasteiger partial charge in [0.1, 0.15) is 11.3 Å². The van der Waals surface area contributed by atoms with Crippen LogP contribution in [0.5, 0.6) is 0 Å². The molecule has 1 rings (SSSR count). The van der Waals surface area contributed by atoms with Crippen molar-refractivity contribution in [2.75, 3.05) is 6.61 Å². The van der Waals surface area contributed by atoms with Crippen LogP contribution in [-0.4, -0.2) is 36.0 Å². The standard InChI is InChI=1S/C17H20ClNO5/c1-5-23-16(21)13(11(4)20)9-19-14-8-6-7-12(15(14)18)17(22)24-10(2)3/h6-10,20H,5H2,1-4H3. The molecule has 24 heavy (non-hydrogen) atoms. The fourth-order valence-electron chi connectivity index (χ4n) is 1.69. The van der Waals surface area contributed by atoms with Crippen LogP contribution in [0.1, 0.15) is 38.1 Å². The van der Waals surface area contributed by atoms with Gasteiger partial charge in [-0.1, -0.05) is 17.7 Å². The molecular weight excluding hydrogens is 334 g/mol. The highest BCUT2D eigenvalue weighted by molar-refractivity contribution is 6.36. The number of allylic oxidation sites excluding steroid dienone is 1. The lowest BCUT2D eigenvalue weighted by Crippen LogP contribution is -2.12. The van der Waals surface area contributed by atoms with E-state index in [4.69, 9.17) is 21.1 Å².